The zero-order valence-corrected chi connectivity index (χ0v) is 12.8. The molecule has 0 aliphatic carbocycles. The van der Waals surface area contributed by atoms with Crippen molar-refractivity contribution in [1.29, 1.82) is 0 Å². The molecule has 1 unspecified atom stereocenters. The molecule has 1 fully saturated rings. The minimum atomic E-state index is -0.868. The fraction of sp³-hybridized carbons (Fsp3) is 0.467. The topological polar surface area (TPSA) is 70.7 Å². The fourth-order valence-electron chi connectivity index (χ4n) is 2.24. The van der Waals surface area contributed by atoms with Gasteiger partial charge < -0.3 is 20.3 Å². The van der Waals surface area contributed by atoms with Crippen LogP contribution in [0.1, 0.15) is 6.92 Å². The number of rotatable bonds is 5. The Morgan fingerprint density at radius 3 is 2.65 bits per heavy atom. The normalized spacial score (nSPS) is 17.6. The summed E-state index contributed by atoms with van der Waals surface area (Å²) in [4.78, 5) is 25.5. The van der Waals surface area contributed by atoms with E-state index >= 15 is 0 Å². The SMILES string of the molecule is CCN(CC(=O)Nc1c(F)cccc1F)C(=O)C1CNCCO1. The standard InChI is InChI=1S/C15H19F2N3O3/c1-2-20(15(22)12-8-18-6-7-23-12)9-13(21)19-14-10(16)4-3-5-11(14)17/h3-5,12,18H,2,6-9H2,1H3,(H,19,21). The Balaban J connectivity index is 1.98. The lowest BCUT2D eigenvalue weighted by molar-refractivity contribution is -0.146. The van der Waals surface area contributed by atoms with Gasteiger partial charge in [-0.3, -0.25) is 9.59 Å². The number of anilines is 1. The number of nitrogens with one attached hydrogen (secondary N) is 2. The van der Waals surface area contributed by atoms with Crippen LogP contribution in [0.25, 0.3) is 0 Å². The summed E-state index contributed by atoms with van der Waals surface area (Å²) >= 11 is 0. The van der Waals surface area contributed by atoms with Crippen molar-refractivity contribution in [2.45, 2.75) is 13.0 Å². The van der Waals surface area contributed by atoms with E-state index in [2.05, 4.69) is 10.6 Å². The Morgan fingerprint density at radius 1 is 1.39 bits per heavy atom. The maximum absolute atomic E-state index is 13.5. The van der Waals surface area contributed by atoms with Crippen molar-refractivity contribution >= 4 is 17.5 Å². The molecule has 23 heavy (non-hydrogen) atoms. The van der Waals surface area contributed by atoms with Crippen LogP contribution in [0.4, 0.5) is 14.5 Å². The molecule has 1 aliphatic heterocycles. The molecule has 1 saturated heterocycles. The lowest BCUT2D eigenvalue weighted by Gasteiger charge is -2.28. The number of para-hydroxylation sites is 1. The molecule has 2 rings (SSSR count). The van der Waals surface area contributed by atoms with E-state index < -0.39 is 29.3 Å². The minimum Gasteiger partial charge on any atom is -0.366 e. The van der Waals surface area contributed by atoms with Crippen molar-refractivity contribution < 1.29 is 23.1 Å². The van der Waals surface area contributed by atoms with Crippen molar-refractivity contribution in [1.82, 2.24) is 10.2 Å². The molecule has 1 aromatic rings. The third kappa shape index (κ3) is 4.46. The molecular formula is C15H19F2N3O3. The number of likely N-dealkylation sites (N-methyl/N-ethyl adjacent to an activating group) is 1. The maximum atomic E-state index is 13.5. The molecule has 2 amide bonds. The van der Waals surface area contributed by atoms with Gasteiger partial charge in [0.2, 0.25) is 5.91 Å². The molecule has 8 heteroatoms. The first kappa shape index (κ1) is 17.3. The minimum absolute atomic E-state index is 0.284. The zero-order chi connectivity index (χ0) is 16.8. The van der Waals surface area contributed by atoms with E-state index in [1.807, 2.05) is 0 Å². The second-order valence-corrected chi connectivity index (χ2v) is 5.06. The van der Waals surface area contributed by atoms with E-state index in [9.17, 15) is 18.4 Å². The number of morpholine rings is 1. The molecule has 0 bridgehead atoms. The molecule has 0 radical (unpaired) electrons. The van der Waals surface area contributed by atoms with E-state index in [1.165, 1.54) is 11.0 Å². The smallest absolute Gasteiger partial charge is 0.253 e. The van der Waals surface area contributed by atoms with Crippen LogP contribution in [-0.2, 0) is 14.3 Å². The number of carbonyl (C=O) groups excluding carboxylic acids is 2. The molecule has 1 heterocycles. The Hall–Kier alpha value is -2.06. The monoisotopic (exact) mass is 327 g/mol. The summed E-state index contributed by atoms with van der Waals surface area (Å²) in [5.41, 5.74) is -0.517. The van der Waals surface area contributed by atoms with E-state index in [0.717, 1.165) is 12.1 Å². The fourth-order valence-corrected chi connectivity index (χ4v) is 2.24. The largest absolute Gasteiger partial charge is 0.366 e. The summed E-state index contributed by atoms with van der Waals surface area (Å²) in [5, 5.41) is 5.19. The van der Waals surface area contributed by atoms with Crippen LogP contribution in [0.2, 0.25) is 0 Å². The van der Waals surface area contributed by atoms with Crippen LogP contribution in [0.3, 0.4) is 0 Å². The number of amides is 2. The van der Waals surface area contributed by atoms with Gasteiger partial charge in [0.1, 0.15) is 23.4 Å². The van der Waals surface area contributed by atoms with Crippen LogP contribution >= 0.6 is 0 Å². The second kappa shape index (κ2) is 7.98. The van der Waals surface area contributed by atoms with Gasteiger partial charge in [-0.15, -0.1) is 0 Å². The Bertz CT molecular complexity index is 557. The van der Waals surface area contributed by atoms with Gasteiger partial charge in [0.15, 0.2) is 0 Å². The van der Waals surface area contributed by atoms with Crippen LogP contribution in [0, 0.1) is 11.6 Å². The van der Waals surface area contributed by atoms with E-state index in [1.54, 1.807) is 6.92 Å². The summed E-state index contributed by atoms with van der Waals surface area (Å²) in [6.45, 7) is 3.16. The van der Waals surface area contributed by atoms with Gasteiger partial charge >= 0.3 is 0 Å². The van der Waals surface area contributed by atoms with Gasteiger partial charge in [0.25, 0.3) is 5.91 Å². The highest BCUT2D eigenvalue weighted by molar-refractivity contribution is 5.95. The summed E-state index contributed by atoms with van der Waals surface area (Å²) in [5.74, 6) is -2.74. The van der Waals surface area contributed by atoms with Crippen LogP contribution < -0.4 is 10.6 Å². The average molecular weight is 327 g/mol. The molecule has 0 spiro atoms. The van der Waals surface area contributed by atoms with E-state index in [0.29, 0.717) is 19.7 Å². The summed E-state index contributed by atoms with van der Waals surface area (Å²) in [6.07, 6.45) is -0.651. The highest BCUT2D eigenvalue weighted by atomic mass is 19.1. The predicted molar refractivity (Wildman–Crippen MR) is 79.9 cm³/mol. The molecule has 2 N–H and O–H groups in total. The Kier molecular flexibility index (Phi) is 6.00. The van der Waals surface area contributed by atoms with Crippen LogP contribution in [0.15, 0.2) is 18.2 Å². The molecule has 1 aliphatic rings. The third-order valence-corrected chi connectivity index (χ3v) is 3.46. The lowest BCUT2D eigenvalue weighted by Crippen LogP contribution is -2.51. The highest BCUT2D eigenvalue weighted by Crippen LogP contribution is 2.17. The second-order valence-electron chi connectivity index (χ2n) is 5.06. The molecule has 0 aromatic heterocycles. The van der Waals surface area contributed by atoms with Crippen molar-refractivity contribution in [3.8, 4) is 0 Å². The van der Waals surface area contributed by atoms with Gasteiger partial charge in [0.05, 0.1) is 13.2 Å². The first-order valence-corrected chi connectivity index (χ1v) is 7.38. The molecule has 6 nitrogen and oxygen atoms in total. The summed E-state index contributed by atoms with van der Waals surface area (Å²) in [7, 11) is 0. The number of carbonyl (C=O) groups is 2. The van der Waals surface area contributed by atoms with Gasteiger partial charge in [-0.25, -0.2) is 8.78 Å². The lowest BCUT2D eigenvalue weighted by atomic mass is 10.2. The summed E-state index contributed by atoms with van der Waals surface area (Å²) in [6, 6.07) is 3.29. The van der Waals surface area contributed by atoms with Crippen molar-refractivity contribution in [3.63, 3.8) is 0 Å². The van der Waals surface area contributed by atoms with Gasteiger partial charge in [0, 0.05) is 19.6 Å². The number of hydrogen-bond donors (Lipinski definition) is 2. The van der Waals surface area contributed by atoms with Crippen molar-refractivity contribution in [2.75, 3.05) is 38.1 Å². The maximum Gasteiger partial charge on any atom is 0.253 e. The van der Waals surface area contributed by atoms with E-state index in [-0.39, 0.29) is 19.0 Å². The molecule has 1 aromatic carbocycles. The average Bonchev–Trinajstić information content (AvgIpc) is 2.56. The summed E-state index contributed by atoms with van der Waals surface area (Å²) < 4.78 is 32.4. The Morgan fingerprint density at radius 2 is 2.09 bits per heavy atom. The van der Waals surface area contributed by atoms with Gasteiger partial charge in [-0.1, -0.05) is 6.07 Å². The van der Waals surface area contributed by atoms with Crippen molar-refractivity contribution in [3.05, 3.63) is 29.8 Å². The quantitative estimate of drug-likeness (QED) is 0.837. The molecule has 0 saturated carbocycles. The van der Waals surface area contributed by atoms with Gasteiger partial charge in [-0.05, 0) is 19.1 Å². The number of ether oxygens (including phenoxy) is 1. The number of hydrogen-bond acceptors (Lipinski definition) is 4. The zero-order valence-electron chi connectivity index (χ0n) is 12.8. The molecule has 126 valence electrons. The van der Waals surface area contributed by atoms with E-state index in [4.69, 9.17) is 4.74 Å². The number of halogens is 2. The first-order chi connectivity index (χ1) is 11.0. The molecular weight excluding hydrogens is 308 g/mol. The number of benzene rings is 1. The van der Waals surface area contributed by atoms with Gasteiger partial charge in [-0.2, -0.15) is 0 Å². The number of nitrogens with zero attached hydrogens (tertiary/aromatic N) is 1. The predicted octanol–water partition coefficient (Wildman–Crippen LogP) is 0.740. The molecule has 1 atom stereocenters. The first-order valence-electron chi connectivity index (χ1n) is 7.38. The van der Waals surface area contributed by atoms with Crippen molar-refractivity contribution in [2.24, 2.45) is 0 Å². The van der Waals surface area contributed by atoms with Crippen LogP contribution in [-0.4, -0.2) is 55.6 Å². The highest BCUT2D eigenvalue weighted by Gasteiger charge is 2.27. The van der Waals surface area contributed by atoms with Crippen LogP contribution in [0.5, 0.6) is 0 Å². The third-order valence-electron chi connectivity index (χ3n) is 3.46. The Labute approximate surface area is 132 Å².